The molecule has 4 aromatic rings. The van der Waals surface area contributed by atoms with Gasteiger partial charge in [-0.3, -0.25) is 5.10 Å². The smallest absolute Gasteiger partial charge is 0.225 e. The van der Waals surface area contributed by atoms with Crippen molar-refractivity contribution >= 4 is 22.8 Å². The lowest BCUT2D eigenvalue weighted by molar-refractivity contribution is 0.466. The first-order valence-corrected chi connectivity index (χ1v) is 9.11. The zero-order valence-corrected chi connectivity index (χ0v) is 15.1. The minimum Gasteiger partial charge on any atom is -0.383 e. The number of hydrogen-bond donors (Lipinski definition) is 4. The van der Waals surface area contributed by atoms with Crippen molar-refractivity contribution in [3.8, 4) is 11.3 Å². The molecule has 5 N–H and O–H groups in total. The lowest BCUT2D eigenvalue weighted by Crippen LogP contribution is -2.12. The molecule has 5 rings (SSSR count). The predicted molar refractivity (Wildman–Crippen MR) is 104 cm³/mol. The topological polar surface area (TPSA) is 121 Å². The molecule has 1 saturated carbocycles. The largest absolute Gasteiger partial charge is 0.383 e. The summed E-state index contributed by atoms with van der Waals surface area (Å²) >= 11 is 0. The molecule has 0 aliphatic heterocycles. The van der Waals surface area contributed by atoms with Crippen molar-refractivity contribution in [3.63, 3.8) is 0 Å². The first kappa shape index (κ1) is 16.7. The van der Waals surface area contributed by atoms with Crippen LogP contribution in [0.5, 0.6) is 0 Å². The van der Waals surface area contributed by atoms with Crippen LogP contribution in [0.4, 0.5) is 16.2 Å². The van der Waals surface area contributed by atoms with Gasteiger partial charge in [0.25, 0.3) is 0 Å². The summed E-state index contributed by atoms with van der Waals surface area (Å²) in [7, 11) is 0. The Kier molecular flexibility index (Phi) is 3.75. The summed E-state index contributed by atoms with van der Waals surface area (Å²) < 4.78 is 13.2. The zero-order valence-electron chi connectivity index (χ0n) is 15.1. The van der Waals surface area contributed by atoms with Gasteiger partial charge in [-0.15, -0.1) is 0 Å². The molecule has 4 aromatic heterocycles. The highest BCUT2D eigenvalue weighted by molar-refractivity contribution is 5.75. The van der Waals surface area contributed by atoms with Crippen molar-refractivity contribution in [2.75, 3.05) is 11.1 Å². The summed E-state index contributed by atoms with van der Waals surface area (Å²) in [4.78, 5) is 16.5. The van der Waals surface area contributed by atoms with Gasteiger partial charge in [0.1, 0.15) is 12.0 Å². The molecule has 28 heavy (non-hydrogen) atoms. The van der Waals surface area contributed by atoms with Crippen LogP contribution < -0.4 is 11.1 Å². The van der Waals surface area contributed by atoms with E-state index in [1.807, 2.05) is 37.4 Å². The van der Waals surface area contributed by atoms with Crippen molar-refractivity contribution < 1.29 is 4.39 Å². The maximum atomic E-state index is 13.2. The Morgan fingerprint density at radius 2 is 2.14 bits per heavy atom. The number of alkyl halides is 1. The second kappa shape index (κ2) is 6.29. The molecule has 3 atom stereocenters. The molecular formula is C19H19FN8. The number of aromatic nitrogens is 6. The van der Waals surface area contributed by atoms with E-state index >= 15 is 0 Å². The van der Waals surface area contributed by atoms with E-state index in [1.54, 1.807) is 6.20 Å². The van der Waals surface area contributed by atoms with E-state index in [9.17, 15) is 4.39 Å². The van der Waals surface area contributed by atoms with Crippen molar-refractivity contribution in [2.24, 2.45) is 0 Å². The van der Waals surface area contributed by atoms with Crippen LogP contribution in [0.15, 0.2) is 36.7 Å². The number of halogens is 1. The van der Waals surface area contributed by atoms with Crippen LogP contribution in [0.1, 0.15) is 36.7 Å². The third-order valence-corrected chi connectivity index (χ3v) is 5.02. The molecule has 0 saturated heterocycles. The van der Waals surface area contributed by atoms with Crippen LogP contribution in [0.3, 0.4) is 0 Å². The number of rotatable bonds is 5. The number of hydrogen-bond acceptors (Lipinski definition) is 6. The number of H-pyrrole nitrogens is 2. The zero-order chi connectivity index (χ0) is 19.3. The molecule has 1 aliphatic carbocycles. The molecule has 142 valence electrons. The predicted octanol–water partition coefficient (Wildman–Crippen LogP) is 3.32. The van der Waals surface area contributed by atoms with Gasteiger partial charge in [-0.1, -0.05) is 0 Å². The van der Waals surface area contributed by atoms with Gasteiger partial charge in [-0.05, 0) is 37.6 Å². The van der Waals surface area contributed by atoms with Crippen LogP contribution in [0.25, 0.3) is 22.3 Å². The Morgan fingerprint density at radius 1 is 1.29 bits per heavy atom. The normalized spacial score (nSPS) is 19.6. The molecule has 0 bridgehead atoms. The van der Waals surface area contributed by atoms with Gasteiger partial charge in [0.2, 0.25) is 5.95 Å². The van der Waals surface area contributed by atoms with Gasteiger partial charge in [-0.25, -0.2) is 14.4 Å². The summed E-state index contributed by atoms with van der Waals surface area (Å²) in [6.07, 6.45) is 3.24. The third kappa shape index (κ3) is 2.94. The fraction of sp³-hybridized carbons (Fsp3) is 0.263. The van der Waals surface area contributed by atoms with Crippen molar-refractivity contribution in [1.82, 2.24) is 30.1 Å². The fourth-order valence-electron chi connectivity index (χ4n) is 3.27. The average Bonchev–Trinajstić information content (AvgIpc) is 3.10. The lowest BCUT2D eigenvalue weighted by atomic mass is 10.2. The molecule has 0 amide bonds. The first-order chi connectivity index (χ1) is 13.6. The Hall–Kier alpha value is -3.49. The molecular weight excluding hydrogens is 359 g/mol. The standard InChI is InChI=1S/C19H19FN8/c1-9(13-2-3-14-15(25-13)4-5-22-14)24-19-23-8-11(18(21)26-19)17-7-16(27-28-17)10-6-12(10)20/h2-5,7-10,12,22H,6H2,1H3,(H,27,28)(H3,21,23,24,26)/t9-,10+,12-/m0/s1. The van der Waals surface area contributed by atoms with Crippen molar-refractivity contribution in [2.45, 2.75) is 31.5 Å². The SMILES string of the molecule is C[C@H](Nc1ncc(-c2cc([C@@H]3C[C@@H]3F)[nH]n2)c(N)n1)c1ccc2[nH]ccc2n1. The lowest BCUT2D eigenvalue weighted by Gasteiger charge is -2.14. The van der Waals surface area contributed by atoms with Crippen molar-refractivity contribution in [1.29, 1.82) is 0 Å². The van der Waals surface area contributed by atoms with Crippen LogP contribution in [-0.2, 0) is 0 Å². The van der Waals surface area contributed by atoms with Crippen LogP contribution in [0.2, 0.25) is 0 Å². The van der Waals surface area contributed by atoms with Crippen LogP contribution >= 0.6 is 0 Å². The molecule has 0 spiro atoms. The number of pyridine rings is 1. The average molecular weight is 378 g/mol. The van der Waals surface area contributed by atoms with E-state index < -0.39 is 6.17 Å². The Bertz CT molecular complexity index is 1150. The van der Waals surface area contributed by atoms with E-state index in [4.69, 9.17) is 5.73 Å². The maximum absolute atomic E-state index is 13.2. The van der Waals surface area contributed by atoms with Gasteiger partial charge in [0.05, 0.1) is 34.0 Å². The molecule has 0 aromatic carbocycles. The number of fused-ring (bicyclic) bond motifs is 1. The maximum Gasteiger partial charge on any atom is 0.225 e. The molecule has 8 nitrogen and oxygen atoms in total. The minimum atomic E-state index is -0.783. The van der Waals surface area contributed by atoms with E-state index in [0.717, 1.165) is 22.4 Å². The number of nitrogens with zero attached hydrogens (tertiary/aromatic N) is 4. The number of nitrogen functional groups attached to an aromatic ring is 1. The molecule has 0 unspecified atom stereocenters. The van der Waals surface area contributed by atoms with E-state index in [2.05, 4.69) is 35.5 Å². The Balaban J connectivity index is 1.34. The van der Waals surface area contributed by atoms with Crippen LogP contribution in [0, 0.1) is 0 Å². The van der Waals surface area contributed by atoms with Gasteiger partial charge in [0, 0.05) is 24.0 Å². The Morgan fingerprint density at radius 3 is 2.93 bits per heavy atom. The molecule has 4 heterocycles. The highest BCUT2D eigenvalue weighted by atomic mass is 19.1. The van der Waals surface area contributed by atoms with Gasteiger partial charge in [0.15, 0.2) is 0 Å². The van der Waals surface area contributed by atoms with E-state index in [-0.39, 0.29) is 12.0 Å². The fourth-order valence-corrected chi connectivity index (χ4v) is 3.27. The minimum absolute atomic E-state index is 0.0879. The quantitative estimate of drug-likeness (QED) is 0.423. The molecule has 1 fully saturated rings. The first-order valence-electron chi connectivity index (χ1n) is 9.11. The highest BCUT2D eigenvalue weighted by Gasteiger charge is 2.40. The van der Waals surface area contributed by atoms with Crippen LogP contribution in [-0.4, -0.2) is 36.3 Å². The summed E-state index contributed by atoms with van der Waals surface area (Å²) in [5.41, 5.74) is 10.9. The second-order valence-corrected chi connectivity index (χ2v) is 7.07. The van der Waals surface area contributed by atoms with Gasteiger partial charge < -0.3 is 16.0 Å². The van der Waals surface area contributed by atoms with Crippen molar-refractivity contribution in [3.05, 3.63) is 48.0 Å². The monoisotopic (exact) mass is 378 g/mol. The summed E-state index contributed by atoms with van der Waals surface area (Å²) in [5.74, 6) is 0.630. The van der Waals surface area contributed by atoms with E-state index in [1.165, 1.54) is 0 Å². The molecule has 9 heteroatoms. The number of nitrogens with two attached hydrogens (primary N) is 1. The molecule has 1 aliphatic rings. The summed E-state index contributed by atoms with van der Waals surface area (Å²) in [6, 6.07) is 7.59. The summed E-state index contributed by atoms with van der Waals surface area (Å²) in [5, 5.41) is 10.3. The number of nitrogens with one attached hydrogen (secondary N) is 3. The second-order valence-electron chi connectivity index (χ2n) is 7.07. The summed E-state index contributed by atoms with van der Waals surface area (Å²) in [6.45, 7) is 1.98. The number of anilines is 2. The molecule has 0 radical (unpaired) electrons. The number of aromatic amines is 2. The third-order valence-electron chi connectivity index (χ3n) is 5.02. The van der Waals surface area contributed by atoms with E-state index in [0.29, 0.717) is 29.4 Å². The Labute approximate surface area is 159 Å². The van der Waals surface area contributed by atoms with Gasteiger partial charge >= 0.3 is 0 Å². The highest BCUT2D eigenvalue weighted by Crippen LogP contribution is 2.43. The van der Waals surface area contributed by atoms with Gasteiger partial charge in [-0.2, -0.15) is 10.1 Å².